The van der Waals surface area contributed by atoms with Crippen LogP contribution < -0.4 is 20.1 Å². The first-order valence-electron chi connectivity index (χ1n) is 10.3. The molecule has 6 heteroatoms. The molecule has 32 heavy (non-hydrogen) atoms. The highest BCUT2D eigenvalue weighted by Crippen LogP contribution is 2.37. The fourth-order valence-corrected chi connectivity index (χ4v) is 3.80. The number of carbonyl (C=O) groups excluding carboxylic acids is 2. The summed E-state index contributed by atoms with van der Waals surface area (Å²) in [6, 6.07) is 23.6. The lowest BCUT2D eigenvalue weighted by Crippen LogP contribution is -2.16. The third-order valence-corrected chi connectivity index (χ3v) is 5.25. The molecule has 4 aromatic carbocycles. The van der Waals surface area contributed by atoms with E-state index in [9.17, 15) is 9.59 Å². The van der Waals surface area contributed by atoms with Gasteiger partial charge in [-0.3, -0.25) is 9.59 Å². The molecule has 0 unspecified atom stereocenters. The van der Waals surface area contributed by atoms with Gasteiger partial charge in [0.1, 0.15) is 11.5 Å². The van der Waals surface area contributed by atoms with Gasteiger partial charge in [0.2, 0.25) is 0 Å². The van der Waals surface area contributed by atoms with Crippen molar-refractivity contribution in [3.8, 4) is 17.2 Å². The van der Waals surface area contributed by atoms with Gasteiger partial charge in [-0.15, -0.1) is 0 Å². The van der Waals surface area contributed by atoms with E-state index in [4.69, 9.17) is 9.47 Å². The van der Waals surface area contributed by atoms with Crippen molar-refractivity contribution in [3.63, 3.8) is 0 Å². The molecule has 2 N–H and O–H groups in total. The van der Waals surface area contributed by atoms with Crippen LogP contribution in [0.25, 0.3) is 10.8 Å². The number of para-hydroxylation sites is 2. The number of ether oxygens (including phenoxy) is 2. The van der Waals surface area contributed by atoms with E-state index in [1.807, 2.05) is 49.4 Å². The zero-order valence-electron chi connectivity index (χ0n) is 17.3. The lowest BCUT2D eigenvalue weighted by atomic mass is 10.0. The number of nitrogens with one attached hydrogen (secondary N) is 2. The second kappa shape index (κ2) is 8.07. The molecular weight excluding hydrogens is 404 g/mol. The van der Waals surface area contributed by atoms with Crippen LogP contribution in [0.2, 0.25) is 0 Å². The smallest absolute Gasteiger partial charge is 0.260 e. The van der Waals surface area contributed by atoms with Crippen molar-refractivity contribution >= 4 is 34.0 Å². The van der Waals surface area contributed by atoms with Gasteiger partial charge >= 0.3 is 0 Å². The van der Waals surface area contributed by atoms with Crippen molar-refractivity contribution in [2.45, 2.75) is 6.92 Å². The maximum Gasteiger partial charge on any atom is 0.260 e. The zero-order valence-corrected chi connectivity index (χ0v) is 17.3. The fourth-order valence-electron chi connectivity index (χ4n) is 3.80. The summed E-state index contributed by atoms with van der Waals surface area (Å²) in [5, 5.41) is 7.48. The van der Waals surface area contributed by atoms with E-state index in [1.54, 1.807) is 36.4 Å². The highest BCUT2D eigenvalue weighted by atomic mass is 16.5. The summed E-state index contributed by atoms with van der Waals surface area (Å²) < 4.78 is 11.6. The molecule has 0 atom stereocenters. The predicted octanol–water partition coefficient (Wildman–Crippen LogP) is 5.85. The molecule has 0 fully saturated rings. The van der Waals surface area contributed by atoms with Crippen LogP contribution in [0.3, 0.4) is 0 Å². The normalized spacial score (nSPS) is 12.1. The summed E-state index contributed by atoms with van der Waals surface area (Å²) in [7, 11) is 0. The molecule has 4 aromatic rings. The highest BCUT2D eigenvalue weighted by Gasteiger charge is 2.22. The van der Waals surface area contributed by atoms with Crippen molar-refractivity contribution in [2.75, 3.05) is 17.2 Å². The van der Waals surface area contributed by atoms with Crippen molar-refractivity contribution in [2.24, 2.45) is 0 Å². The molecule has 158 valence electrons. The maximum atomic E-state index is 13.3. The molecule has 0 saturated carbocycles. The minimum Gasteiger partial charge on any atom is -0.493 e. The quantitative estimate of drug-likeness (QED) is 0.431. The molecule has 2 amide bonds. The molecule has 0 radical (unpaired) electrons. The molecule has 1 heterocycles. The number of rotatable bonds is 4. The fraction of sp³-hybridized carbons (Fsp3) is 0.0769. The summed E-state index contributed by atoms with van der Waals surface area (Å²) >= 11 is 0. The Morgan fingerprint density at radius 3 is 2.66 bits per heavy atom. The number of anilines is 2. The Bertz CT molecular complexity index is 1360. The van der Waals surface area contributed by atoms with E-state index in [2.05, 4.69) is 10.6 Å². The van der Waals surface area contributed by atoms with Crippen LogP contribution in [-0.2, 0) is 0 Å². The van der Waals surface area contributed by atoms with Crippen LogP contribution >= 0.6 is 0 Å². The van der Waals surface area contributed by atoms with E-state index < -0.39 is 0 Å². The molecule has 0 aromatic heterocycles. The molecule has 1 aliphatic heterocycles. The Kier molecular flexibility index (Phi) is 4.95. The first kappa shape index (κ1) is 19.6. The Labute approximate surface area is 184 Å². The minimum atomic E-state index is -0.316. The van der Waals surface area contributed by atoms with Crippen LogP contribution in [0.15, 0.2) is 78.9 Å². The number of benzene rings is 4. The molecule has 0 bridgehead atoms. The van der Waals surface area contributed by atoms with Gasteiger partial charge in [0.25, 0.3) is 11.8 Å². The second-order valence-electron chi connectivity index (χ2n) is 7.31. The SMILES string of the molecule is CCOc1ccc2ccccc2c1C(=O)Nc1ccc2c(c1)C(=O)Nc1ccccc1O2. The monoisotopic (exact) mass is 424 g/mol. The summed E-state index contributed by atoms with van der Waals surface area (Å²) in [4.78, 5) is 26.1. The van der Waals surface area contributed by atoms with Gasteiger partial charge in [-0.25, -0.2) is 0 Å². The third-order valence-electron chi connectivity index (χ3n) is 5.25. The lowest BCUT2D eigenvalue weighted by Gasteiger charge is -2.14. The standard InChI is InChI=1S/C26H20N2O4/c1-2-31-23-13-11-16-7-3-4-8-18(16)24(23)26(30)27-17-12-14-21-19(15-17)25(29)28-20-9-5-6-10-22(20)32-21/h3-15H,2H2,1H3,(H,27,30)(H,28,29). The first-order valence-corrected chi connectivity index (χ1v) is 10.3. The van der Waals surface area contributed by atoms with Crippen LogP contribution in [0.4, 0.5) is 11.4 Å². The molecule has 0 saturated heterocycles. The Balaban J connectivity index is 1.50. The molecule has 1 aliphatic rings. The number of amides is 2. The topological polar surface area (TPSA) is 76.7 Å². The molecule has 6 nitrogen and oxygen atoms in total. The van der Waals surface area contributed by atoms with Crippen LogP contribution in [-0.4, -0.2) is 18.4 Å². The number of carbonyl (C=O) groups is 2. The zero-order chi connectivity index (χ0) is 22.1. The van der Waals surface area contributed by atoms with Crippen molar-refractivity contribution < 1.29 is 19.1 Å². The Morgan fingerprint density at radius 1 is 0.969 bits per heavy atom. The Hall–Kier alpha value is -4.32. The molecule has 0 spiro atoms. The van der Waals surface area contributed by atoms with Gasteiger partial charge in [0, 0.05) is 5.69 Å². The average Bonchev–Trinajstić information content (AvgIpc) is 2.94. The van der Waals surface area contributed by atoms with Crippen molar-refractivity contribution in [1.29, 1.82) is 0 Å². The van der Waals surface area contributed by atoms with Gasteiger partial charge in [-0.2, -0.15) is 0 Å². The summed E-state index contributed by atoms with van der Waals surface area (Å²) in [6.45, 7) is 2.31. The van der Waals surface area contributed by atoms with E-state index in [1.165, 1.54) is 0 Å². The van der Waals surface area contributed by atoms with Crippen LogP contribution in [0.1, 0.15) is 27.6 Å². The third kappa shape index (κ3) is 3.52. The summed E-state index contributed by atoms with van der Waals surface area (Å²) in [5.74, 6) is 0.874. The number of hydrogen-bond donors (Lipinski definition) is 2. The number of hydrogen-bond acceptors (Lipinski definition) is 4. The molecule has 0 aliphatic carbocycles. The van der Waals surface area contributed by atoms with E-state index in [0.717, 1.165) is 10.8 Å². The van der Waals surface area contributed by atoms with Gasteiger partial charge < -0.3 is 20.1 Å². The van der Waals surface area contributed by atoms with E-state index in [-0.39, 0.29) is 11.8 Å². The predicted molar refractivity (Wildman–Crippen MR) is 124 cm³/mol. The maximum absolute atomic E-state index is 13.3. The second-order valence-corrected chi connectivity index (χ2v) is 7.31. The van der Waals surface area contributed by atoms with E-state index >= 15 is 0 Å². The highest BCUT2D eigenvalue weighted by molar-refractivity contribution is 6.15. The molecule has 5 rings (SSSR count). The molecular formula is C26H20N2O4. The van der Waals surface area contributed by atoms with Gasteiger partial charge in [-0.05, 0) is 54.1 Å². The summed E-state index contributed by atoms with van der Waals surface area (Å²) in [6.07, 6.45) is 0. The van der Waals surface area contributed by atoms with Crippen molar-refractivity contribution in [1.82, 2.24) is 0 Å². The van der Waals surface area contributed by atoms with Crippen molar-refractivity contribution in [3.05, 3.63) is 90.0 Å². The average molecular weight is 424 g/mol. The van der Waals surface area contributed by atoms with E-state index in [0.29, 0.717) is 46.4 Å². The van der Waals surface area contributed by atoms with Gasteiger partial charge in [-0.1, -0.05) is 42.5 Å². The lowest BCUT2D eigenvalue weighted by molar-refractivity contribution is 0.101. The minimum absolute atomic E-state index is 0.304. The summed E-state index contributed by atoms with van der Waals surface area (Å²) in [5.41, 5.74) is 1.86. The van der Waals surface area contributed by atoms with Gasteiger partial charge in [0.05, 0.1) is 23.4 Å². The van der Waals surface area contributed by atoms with Crippen LogP contribution in [0, 0.1) is 0 Å². The number of fused-ring (bicyclic) bond motifs is 3. The largest absolute Gasteiger partial charge is 0.493 e. The Morgan fingerprint density at radius 2 is 1.78 bits per heavy atom. The van der Waals surface area contributed by atoms with Gasteiger partial charge in [0.15, 0.2) is 5.75 Å². The van der Waals surface area contributed by atoms with Crippen LogP contribution in [0.5, 0.6) is 17.2 Å². The first-order chi connectivity index (χ1) is 15.6.